The molecule has 1 aromatic carbocycles. The number of hydrogen-bond donors (Lipinski definition) is 1. The van der Waals surface area contributed by atoms with Crippen molar-refractivity contribution in [1.82, 2.24) is 0 Å². The van der Waals surface area contributed by atoms with Gasteiger partial charge in [-0.1, -0.05) is 19.1 Å². The van der Waals surface area contributed by atoms with Gasteiger partial charge in [-0.2, -0.15) is 0 Å². The van der Waals surface area contributed by atoms with Crippen LogP contribution in [0, 0.1) is 6.92 Å². The van der Waals surface area contributed by atoms with Crippen LogP contribution in [0.1, 0.15) is 38.3 Å². The summed E-state index contributed by atoms with van der Waals surface area (Å²) >= 11 is 5.00. The molecule has 0 heterocycles. The first kappa shape index (κ1) is 14.0. The molecule has 0 aromatic heterocycles. The Bertz CT molecular complexity index is 399. The molecule has 0 saturated heterocycles. The second-order valence-corrected chi connectivity index (χ2v) is 5.09. The zero-order valence-corrected chi connectivity index (χ0v) is 12.0. The van der Waals surface area contributed by atoms with E-state index in [1.54, 1.807) is 0 Å². The molecule has 0 saturated carbocycles. The van der Waals surface area contributed by atoms with Crippen molar-refractivity contribution in [3.63, 3.8) is 0 Å². The Morgan fingerprint density at radius 3 is 2.47 bits per heavy atom. The number of aryl methyl sites for hydroxylation is 1. The predicted octanol–water partition coefficient (Wildman–Crippen LogP) is 3.25. The maximum absolute atomic E-state index is 5.65. The van der Waals surface area contributed by atoms with Gasteiger partial charge in [0.05, 0.1) is 0 Å². The van der Waals surface area contributed by atoms with Crippen molar-refractivity contribution < 1.29 is 0 Å². The molecular formula is C14H22N2S. The van der Waals surface area contributed by atoms with Gasteiger partial charge in [0.2, 0.25) is 0 Å². The quantitative estimate of drug-likeness (QED) is 0.813. The summed E-state index contributed by atoms with van der Waals surface area (Å²) in [6, 6.07) is 6.71. The molecule has 1 aromatic rings. The molecule has 17 heavy (non-hydrogen) atoms. The molecule has 0 radical (unpaired) electrons. The SMILES string of the molecule is CCCN(c1ccc(C(N)=S)cc1C)C(C)C. The minimum Gasteiger partial charge on any atom is -0.389 e. The first-order valence-corrected chi connectivity index (χ1v) is 6.55. The van der Waals surface area contributed by atoms with E-state index in [9.17, 15) is 0 Å². The number of thiocarbonyl (C=S) groups is 1. The summed E-state index contributed by atoms with van der Waals surface area (Å²) in [4.78, 5) is 2.88. The second-order valence-electron chi connectivity index (χ2n) is 4.65. The number of nitrogens with zero attached hydrogens (tertiary/aromatic N) is 1. The number of hydrogen-bond acceptors (Lipinski definition) is 2. The maximum Gasteiger partial charge on any atom is 0.103 e. The third-order valence-electron chi connectivity index (χ3n) is 2.88. The third kappa shape index (κ3) is 3.43. The van der Waals surface area contributed by atoms with Crippen LogP contribution in [0.4, 0.5) is 5.69 Å². The highest BCUT2D eigenvalue weighted by atomic mass is 32.1. The summed E-state index contributed by atoms with van der Waals surface area (Å²) in [6.07, 6.45) is 1.15. The van der Waals surface area contributed by atoms with Crippen LogP contribution in [0.15, 0.2) is 18.2 Å². The van der Waals surface area contributed by atoms with E-state index in [2.05, 4.69) is 44.7 Å². The van der Waals surface area contributed by atoms with Crippen LogP contribution in [0.5, 0.6) is 0 Å². The summed E-state index contributed by atoms with van der Waals surface area (Å²) in [5, 5.41) is 0. The maximum atomic E-state index is 5.65. The van der Waals surface area contributed by atoms with Crippen LogP contribution in [0.2, 0.25) is 0 Å². The van der Waals surface area contributed by atoms with E-state index in [0.29, 0.717) is 11.0 Å². The van der Waals surface area contributed by atoms with Crippen LogP contribution < -0.4 is 10.6 Å². The average Bonchev–Trinajstić information content (AvgIpc) is 2.26. The van der Waals surface area contributed by atoms with Crippen molar-refractivity contribution in [3.05, 3.63) is 29.3 Å². The van der Waals surface area contributed by atoms with Crippen molar-refractivity contribution in [2.45, 2.75) is 40.2 Å². The molecule has 0 atom stereocenters. The van der Waals surface area contributed by atoms with Crippen molar-refractivity contribution >= 4 is 22.9 Å². The summed E-state index contributed by atoms with van der Waals surface area (Å²) in [7, 11) is 0. The van der Waals surface area contributed by atoms with Crippen LogP contribution in [-0.4, -0.2) is 17.6 Å². The molecule has 0 aliphatic carbocycles. The Balaban J connectivity index is 3.08. The normalized spacial score (nSPS) is 10.6. The fourth-order valence-electron chi connectivity index (χ4n) is 2.03. The molecule has 0 fully saturated rings. The Kier molecular flexibility index (Phi) is 4.94. The van der Waals surface area contributed by atoms with E-state index < -0.39 is 0 Å². The van der Waals surface area contributed by atoms with Gasteiger partial charge in [0, 0.05) is 23.8 Å². The summed E-state index contributed by atoms with van der Waals surface area (Å²) in [5.41, 5.74) is 9.10. The molecule has 0 aliphatic heterocycles. The summed E-state index contributed by atoms with van der Waals surface area (Å²) < 4.78 is 0. The molecule has 0 bridgehead atoms. The van der Waals surface area contributed by atoms with E-state index in [1.807, 2.05) is 6.07 Å². The molecule has 0 aliphatic rings. The van der Waals surface area contributed by atoms with Gasteiger partial charge in [0.1, 0.15) is 4.99 Å². The van der Waals surface area contributed by atoms with Gasteiger partial charge in [-0.25, -0.2) is 0 Å². The van der Waals surface area contributed by atoms with Gasteiger partial charge >= 0.3 is 0 Å². The minimum atomic E-state index is 0.464. The van der Waals surface area contributed by atoms with E-state index in [4.69, 9.17) is 18.0 Å². The lowest BCUT2D eigenvalue weighted by atomic mass is 10.1. The fraction of sp³-hybridized carbons (Fsp3) is 0.500. The second kappa shape index (κ2) is 6.01. The number of anilines is 1. The topological polar surface area (TPSA) is 29.3 Å². The number of nitrogens with two attached hydrogens (primary N) is 1. The molecule has 94 valence electrons. The molecule has 3 heteroatoms. The number of benzene rings is 1. The minimum absolute atomic E-state index is 0.464. The van der Waals surface area contributed by atoms with Gasteiger partial charge in [-0.15, -0.1) is 0 Å². The van der Waals surface area contributed by atoms with Gasteiger partial charge in [0.25, 0.3) is 0 Å². The fourth-order valence-corrected chi connectivity index (χ4v) is 2.16. The standard InChI is InChI=1S/C14H22N2S/c1-5-8-16(10(2)3)13-7-6-12(14(15)17)9-11(13)4/h6-7,9-10H,5,8H2,1-4H3,(H2,15,17). The highest BCUT2D eigenvalue weighted by Crippen LogP contribution is 2.23. The predicted molar refractivity (Wildman–Crippen MR) is 79.8 cm³/mol. The highest BCUT2D eigenvalue weighted by Gasteiger charge is 2.12. The zero-order chi connectivity index (χ0) is 13.0. The van der Waals surface area contributed by atoms with E-state index in [0.717, 1.165) is 18.5 Å². The highest BCUT2D eigenvalue weighted by molar-refractivity contribution is 7.80. The lowest BCUT2D eigenvalue weighted by Crippen LogP contribution is -2.32. The first-order valence-electron chi connectivity index (χ1n) is 6.14. The Labute approximate surface area is 110 Å². The molecule has 0 unspecified atom stereocenters. The summed E-state index contributed by atoms with van der Waals surface area (Å²) in [6.45, 7) is 9.83. The van der Waals surface area contributed by atoms with Crippen LogP contribution in [-0.2, 0) is 0 Å². The molecular weight excluding hydrogens is 228 g/mol. The van der Waals surface area contributed by atoms with Gasteiger partial charge < -0.3 is 10.6 Å². The molecule has 0 amide bonds. The summed E-state index contributed by atoms with van der Waals surface area (Å²) in [5.74, 6) is 0. The van der Waals surface area contributed by atoms with E-state index in [-0.39, 0.29) is 0 Å². The van der Waals surface area contributed by atoms with Crippen molar-refractivity contribution in [2.75, 3.05) is 11.4 Å². The lowest BCUT2D eigenvalue weighted by molar-refractivity contribution is 0.669. The van der Waals surface area contributed by atoms with Crippen LogP contribution in [0.3, 0.4) is 0 Å². The Morgan fingerprint density at radius 2 is 2.06 bits per heavy atom. The molecule has 0 spiro atoms. The number of rotatable bonds is 5. The average molecular weight is 250 g/mol. The van der Waals surface area contributed by atoms with Gasteiger partial charge in [-0.05, 0) is 51.0 Å². The van der Waals surface area contributed by atoms with Crippen molar-refractivity contribution in [1.29, 1.82) is 0 Å². The van der Waals surface area contributed by atoms with Crippen LogP contribution >= 0.6 is 12.2 Å². The smallest absolute Gasteiger partial charge is 0.103 e. The Morgan fingerprint density at radius 1 is 1.41 bits per heavy atom. The third-order valence-corrected chi connectivity index (χ3v) is 3.11. The molecule has 2 nitrogen and oxygen atoms in total. The van der Waals surface area contributed by atoms with Crippen molar-refractivity contribution in [2.24, 2.45) is 5.73 Å². The zero-order valence-electron chi connectivity index (χ0n) is 11.2. The van der Waals surface area contributed by atoms with E-state index >= 15 is 0 Å². The largest absolute Gasteiger partial charge is 0.389 e. The molecule has 2 N–H and O–H groups in total. The monoisotopic (exact) mass is 250 g/mol. The van der Waals surface area contributed by atoms with Gasteiger partial charge in [-0.3, -0.25) is 0 Å². The first-order chi connectivity index (χ1) is 7.97. The van der Waals surface area contributed by atoms with E-state index in [1.165, 1.54) is 11.3 Å². The van der Waals surface area contributed by atoms with Crippen LogP contribution in [0.25, 0.3) is 0 Å². The van der Waals surface area contributed by atoms with Gasteiger partial charge in [0.15, 0.2) is 0 Å². The molecule has 1 rings (SSSR count). The Hall–Kier alpha value is -1.09. The van der Waals surface area contributed by atoms with Crippen molar-refractivity contribution in [3.8, 4) is 0 Å². The lowest BCUT2D eigenvalue weighted by Gasteiger charge is -2.30.